The van der Waals surface area contributed by atoms with Gasteiger partial charge in [-0.25, -0.2) is 0 Å². The average Bonchev–Trinajstić information content (AvgIpc) is 2.30. The molecule has 0 saturated heterocycles. The van der Waals surface area contributed by atoms with E-state index < -0.39 is 0 Å². The molecule has 1 aromatic rings. The number of benzene rings is 1. The monoisotopic (exact) mass is 313 g/mol. The maximum atomic E-state index is 5.54. The van der Waals surface area contributed by atoms with Crippen molar-refractivity contribution in [2.45, 2.75) is 33.7 Å². The Bertz CT molecular complexity index is 352. The third-order valence-corrected chi connectivity index (χ3v) is 3.36. The molecule has 18 heavy (non-hydrogen) atoms. The minimum atomic E-state index is 0.626. The van der Waals surface area contributed by atoms with E-state index in [-0.39, 0.29) is 0 Å². The normalized spacial score (nSPS) is 11.2. The van der Waals surface area contributed by atoms with E-state index in [1.807, 2.05) is 0 Å². The second-order valence-corrected chi connectivity index (χ2v) is 5.95. The van der Waals surface area contributed by atoms with Gasteiger partial charge in [0.15, 0.2) is 0 Å². The zero-order valence-electron chi connectivity index (χ0n) is 11.6. The summed E-state index contributed by atoms with van der Waals surface area (Å²) in [6.07, 6.45) is 1.07. The summed E-state index contributed by atoms with van der Waals surface area (Å²) in [6.45, 7) is 10.1. The van der Waals surface area contributed by atoms with E-state index in [1.54, 1.807) is 0 Å². The van der Waals surface area contributed by atoms with E-state index in [0.717, 1.165) is 32.7 Å². The summed E-state index contributed by atoms with van der Waals surface area (Å²) in [5.74, 6) is 0.626. The van der Waals surface area contributed by atoms with Gasteiger partial charge < -0.3 is 10.1 Å². The van der Waals surface area contributed by atoms with Crippen molar-refractivity contribution in [2.75, 3.05) is 19.8 Å². The lowest BCUT2D eigenvalue weighted by atomic mass is 10.1. The van der Waals surface area contributed by atoms with E-state index in [0.29, 0.717) is 5.92 Å². The number of ether oxygens (including phenoxy) is 1. The van der Waals surface area contributed by atoms with Crippen LogP contribution in [0.4, 0.5) is 0 Å². The Morgan fingerprint density at radius 1 is 1.33 bits per heavy atom. The van der Waals surface area contributed by atoms with Crippen molar-refractivity contribution >= 4 is 15.9 Å². The van der Waals surface area contributed by atoms with Crippen molar-refractivity contribution in [3.63, 3.8) is 0 Å². The van der Waals surface area contributed by atoms with Gasteiger partial charge >= 0.3 is 0 Å². The Balaban J connectivity index is 2.11. The average molecular weight is 314 g/mol. The fourth-order valence-electron chi connectivity index (χ4n) is 1.64. The van der Waals surface area contributed by atoms with Crippen LogP contribution in [0, 0.1) is 12.8 Å². The molecule has 0 aliphatic heterocycles. The molecule has 2 nitrogen and oxygen atoms in total. The molecule has 0 amide bonds. The molecule has 0 saturated carbocycles. The predicted molar refractivity (Wildman–Crippen MR) is 80.9 cm³/mol. The van der Waals surface area contributed by atoms with Crippen molar-refractivity contribution in [2.24, 2.45) is 5.92 Å². The van der Waals surface area contributed by atoms with Crippen LogP contribution in [0.1, 0.15) is 31.4 Å². The Morgan fingerprint density at radius 2 is 2.11 bits per heavy atom. The maximum Gasteiger partial charge on any atom is 0.0489 e. The lowest BCUT2D eigenvalue weighted by molar-refractivity contribution is 0.108. The molecule has 1 rings (SSSR count). The quantitative estimate of drug-likeness (QED) is 0.735. The van der Waals surface area contributed by atoms with Gasteiger partial charge in [-0.05, 0) is 43.0 Å². The highest BCUT2D eigenvalue weighted by molar-refractivity contribution is 9.10. The molecular formula is C15H24BrNO. The number of hydrogen-bond acceptors (Lipinski definition) is 2. The summed E-state index contributed by atoms with van der Waals surface area (Å²) in [7, 11) is 0. The molecule has 0 bridgehead atoms. The second-order valence-electron chi connectivity index (χ2n) is 5.09. The Kier molecular flexibility index (Phi) is 7.56. The molecular weight excluding hydrogens is 290 g/mol. The topological polar surface area (TPSA) is 21.3 Å². The molecule has 0 unspecified atom stereocenters. The van der Waals surface area contributed by atoms with Crippen LogP contribution in [0.3, 0.4) is 0 Å². The molecule has 1 aromatic carbocycles. The standard InChI is InChI=1S/C15H24BrNO/c1-12(2)11-18-8-4-7-17-10-14-6-5-13(3)9-15(14)16/h5-6,9,12,17H,4,7-8,10-11H2,1-3H3. The molecule has 0 radical (unpaired) electrons. The van der Waals surface area contributed by atoms with Crippen LogP contribution in [0.5, 0.6) is 0 Å². The summed E-state index contributed by atoms with van der Waals surface area (Å²) in [6, 6.07) is 6.47. The zero-order valence-corrected chi connectivity index (χ0v) is 13.2. The van der Waals surface area contributed by atoms with Crippen LogP contribution < -0.4 is 5.32 Å². The SMILES string of the molecule is Cc1ccc(CNCCCOCC(C)C)c(Br)c1. The third kappa shape index (κ3) is 6.53. The van der Waals surface area contributed by atoms with Gasteiger partial charge in [0, 0.05) is 24.2 Å². The van der Waals surface area contributed by atoms with Crippen LogP contribution in [-0.4, -0.2) is 19.8 Å². The van der Waals surface area contributed by atoms with E-state index in [9.17, 15) is 0 Å². The Morgan fingerprint density at radius 3 is 2.78 bits per heavy atom. The highest BCUT2D eigenvalue weighted by Gasteiger charge is 1.99. The van der Waals surface area contributed by atoms with Gasteiger partial charge in [0.2, 0.25) is 0 Å². The molecule has 0 aliphatic rings. The van der Waals surface area contributed by atoms with Crippen molar-refractivity contribution < 1.29 is 4.74 Å². The number of halogens is 1. The summed E-state index contributed by atoms with van der Waals surface area (Å²) >= 11 is 3.59. The first-order chi connectivity index (χ1) is 8.59. The molecule has 0 aliphatic carbocycles. The summed E-state index contributed by atoms with van der Waals surface area (Å²) in [5, 5.41) is 3.44. The number of hydrogen-bond donors (Lipinski definition) is 1. The molecule has 3 heteroatoms. The van der Waals surface area contributed by atoms with Crippen LogP contribution in [0.25, 0.3) is 0 Å². The smallest absolute Gasteiger partial charge is 0.0489 e. The van der Waals surface area contributed by atoms with E-state index in [4.69, 9.17) is 4.74 Å². The molecule has 0 spiro atoms. The minimum absolute atomic E-state index is 0.626. The first-order valence-electron chi connectivity index (χ1n) is 6.63. The third-order valence-electron chi connectivity index (χ3n) is 2.62. The van der Waals surface area contributed by atoms with E-state index in [1.165, 1.54) is 15.6 Å². The number of nitrogens with one attached hydrogen (secondary N) is 1. The van der Waals surface area contributed by atoms with Crippen molar-refractivity contribution in [1.29, 1.82) is 0 Å². The fourth-order valence-corrected chi connectivity index (χ4v) is 2.27. The lowest BCUT2D eigenvalue weighted by Crippen LogP contribution is -2.17. The molecule has 0 aromatic heterocycles. The van der Waals surface area contributed by atoms with Crippen molar-refractivity contribution in [3.8, 4) is 0 Å². The van der Waals surface area contributed by atoms with E-state index in [2.05, 4.69) is 60.2 Å². The highest BCUT2D eigenvalue weighted by Crippen LogP contribution is 2.17. The van der Waals surface area contributed by atoms with Gasteiger partial charge in [0.05, 0.1) is 0 Å². The maximum absolute atomic E-state index is 5.54. The number of rotatable bonds is 8. The van der Waals surface area contributed by atoms with Gasteiger partial charge in [-0.15, -0.1) is 0 Å². The Hall–Kier alpha value is -0.380. The first-order valence-corrected chi connectivity index (χ1v) is 7.42. The van der Waals surface area contributed by atoms with Crippen molar-refractivity contribution in [1.82, 2.24) is 5.32 Å². The minimum Gasteiger partial charge on any atom is -0.381 e. The molecule has 1 N–H and O–H groups in total. The van der Waals surface area contributed by atoms with Crippen LogP contribution in [0.15, 0.2) is 22.7 Å². The summed E-state index contributed by atoms with van der Waals surface area (Å²) in [4.78, 5) is 0. The van der Waals surface area contributed by atoms with Crippen LogP contribution in [0.2, 0.25) is 0 Å². The fraction of sp³-hybridized carbons (Fsp3) is 0.600. The molecule has 102 valence electrons. The number of aryl methyl sites for hydroxylation is 1. The highest BCUT2D eigenvalue weighted by atomic mass is 79.9. The molecule has 0 atom stereocenters. The van der Waals surface area contributed by atoms with Crippen molar-refractivity contribution in [3.05, 3.63) is 33.8 Å². The van der Waals surface area contributed by atoms with Gasteiger partial charge in [0.25, 0.3) is 0 Å². The van der Waals surface area contributed by atoms with E-state index >= 15 is 0 Å². The lowest BCUT2D eigenvalue weighted by Gasteiger charge is -2.09. The summed E-state index contributed by atoms with van der Waals surface area (Å²) in [5.41, 5.74) is 2.59. The second kappa shape index (κ2) is 8.68. The van der Waals surface area contributed by atoms with Crippen LogP contribution >= 0.6 is 15.9 Å². The van der Waals surface area contributed by atoms with Crippen LogP contribution in [-0.2, 0) is 11.3 Å². The van der Waals surface area contributed by atoms with Gasteiger partial charge in [-0.1, -0.05) is 41.9 Å². The largest absolute Gasteiger partial charge is 0.381 e. The Labute approximate surface area is 119 Å². The summed E-state index contributed by atoms with van der Waals surface area (Å²) < 4.78 is 6.72. The zero-order chi connectivity index (χ0) is 13.4. The van der Waals surface area contributed by atoms with Gasteiger partial charge in [-0.3, -0.25) is 0 Å². The van der Waals surface area contributed by atoms with Gasteiger partial charge in [0.1, 0.15) is 0 Å². The van der Waals surface area contributed by atoms with Gasteiger partial charge in [-0.2, -0.15) is 0 Å². The molecule has 0 heterocycles. The molecule has 0 fully saturated rings. The predicted octanol–water partition coefficient (Wildman–Crippen LogP) is 3.91. The first kappa shape index (κ1) is 15.7.